The molecule has 1 atom stereocenters. The van der Waals surface area contributed by atoms with Gasteiger partial charge in [0, 0.05) is 61.6 Å². The van der Waals surface area contributed by atoms with Crippen LogP contribution in [0.5, 0.6) is 0 Å². The fraction of sp³-hybridized carbons (Fsp3) is 0.316. The Morgan fingerprint density at radius 3 is 2.46 bits per heavy atom. The molecule has 1 fully saturated rings. The summed E-state index contributed by atoms with van der Waals surface area (Å²) >= 11 is 0. The van der Waals surface area contributed by atoms with E-state index in [-0.39, 0.29) is 17.7 Å². The van der Waals surface area contributed by atoms with E-state index in [1.54, 1.807) is 10.9 Å². The molecule has 0 aliphatic heterocycles. The van der Waals surface area contributed by atoms with E-state index < -0.39 is 0 Å². The molecule has 0 spiro atoms. The lowest BCUT2D eigenvalue weighted by molar-refractivity contribution is -0.124. The van der Waals surface area contributed by atoms with Crippen molar-refractivity contribution in [2.75, 3.05) is 0 Å². The van der Waals surface area contributed by atoms with Crippen LogP contribution in [0.1, 0.15) is 65.6 Å². The van der Waals surface area contributed by atoms with Gasteiger partial charge in [0.05, 0.1) is 29.1 Å². The van der Waals surface area contributed by atoms with Crippen molar-refractivity contribution in [3.63, 3.8) is 0 Å². The van der Waals surface area contributed by atoms with Crippen LogP contribution in [-0.2, 0) is 37.6 Å². The standard InChI is InChI=1S/C38H39N7O/c1-3-29-23-41-36(44-34(29)19-17-33-11-7-8-20-39-33)21-27-12-14-30(15-13-27)37(38(46)42-22-28-9-5-4-6-10-28)35-18-16-31(24-40-35)32-25-43-45(2)26-32/h1,4-11,16,18,20,23-27,30,37H,12-15,17,19,21-22H2,2H3,(H,42,46). The Balaban J connectivity index is 1.13. The maximum absolute atomic E-state index is 13.8. The van der Waals surface area contributed by atoms with Gasteiger partial charge in [0.25, 0.3) is 0 Å². The minimum atomic E-state index is -0.322. The molecule has 1 aliphatic carbocycles. The van der Waals surface area contributed by atoms with Crippen molar-refractivity contribution in [2.45, 2.75) is 57.4 Å². The van der Waals surface area contributed by atoms with Crippen molar-refractivity contribution in [3.8, 4) is 23.5 Å². The molecule has 1 amide bonds. The van der Waals surface area contributed by atoms with Crippen LogP contribution in [0.2, 0.25) is 0 Å². The zero-order valence-electron chi connectivity index (χ0n) is 26.2. The van der Waals surface area contributed by atoms with Crippen molar-refractivity contribution in [1.29, 1.82) is 0 Å². The fourth-order valence-corrected chi connectivity index (χ4v) is 6.46. The predicted octanol–water partition coefficient (Wildman–Crippen LogP) is 5.88. The summed E-state index contributed by atoms with van der Waals surface area (Å²) in [6, 6.07) is 20.0. The molecule has 46 heavy (non-hydrogen) atoms. The summed E-state index contributed by atoms with van der Waals surface area (Å²) in [7, 11) is 1.90. The number of aryl methyl sites for hydroxylation is 3. The highest BCUT2D eigenvalue weighted by Crippen LogP contribution is 2.39. The Bertz CT molecular complexity index is 1770. The molecule has 8 nitrogen and oxygen atoms in total. The summed E-state index contributed by atoms with van der Waals surface area (Å²) < 4.78 is 1.78. The number of rotatable bonds is 11. The molecule has 1 N–H and O–H groups in total. The average Bonchev–Trinajstić information content (AvgIpc) is 3.54. The molecule has 1 aliphatic rings. The van der Waals surface area contributed by atoms with Gasteiger partial charge in [-0.25, -0.2) is 9.97 Å². The van der Waals surface area contributed by atoms with Crippen molar-refractivity contribution in [2.24, 2.45) is 18.9 Å². The number of hydrogen-bond acceptors (Lipinski definition) is 6. The Hall–Kier alpha value is -5.16. The van der Waals surface area contributed by atoms with Crippen molar-refractivity contribution < 1.29 is 4.79 Å². The molecule has 8 heteroatoms. The number of benzene rings is 1. The van der Waals surface area contributed by atoms with Crippen LogP contribution in [0, 0.1) is 24.2 Å². The third-order valence-electron chi connectivity index (χ3n) is 8.99. The van der Waals surface area contributed by atoms with E-state index in [2.05, 4.69) is 26.3 Å². The van der Waals surface area contributed by atoms with Crippen LogP contribution < -0.4 is 5.32 Å². The van der Waals surface area contributed by atoms with E-state index in [0.717, 1.165) is 90.1 Å². The molecule has 5 aromatic rings. The lowest BCUT2D eigenvalue weighted by Gasteiger charge is -2.33. The van der Waals surface area contributed by atoms with Gasteiger partial charge >= 0.3 is 0 Å². The second-order valence-electron chi connectivity index (χ2n) is 12.2. The molecular formula is C38H39N7O. The topological polar surface area (TPSA) is 98.5 Å². The van der Waals surface area contributed by atoms with E-state index >= 15 is 0 Å². The highest BCUT2D eigenvalue weighted by molar-refractivity contribution is 5.83. The Kier molecular flexibility index (Phi) is 9.89. The zero-order chi connectivity index (χ0) is 31.7. The largest absolute Gasteiger partial charge is 0.351 e. The SMILES string of the molecule is C#Cc1cnc(CC2CCC(C(C(=O)NCc3ccccc3)c3ccc(-c4cnn(C)c4)cn3)CC2)nc1CCc1ccccn1. The third kappa shape index (κ3) is 7.73. The van der Waals surface area contributed by atoms with Gasteiger partial charge in [-0.15, -0.1) is 6.42 Å². The zero-order valence-corrected chi connectivity index (χ0v) is 26.2. The van der Waals surface area contributed by atoms with Crippen LogP contribution in [-0.4, -0.2) is 35.6 Å². The van der Waals surface area contributed by atoms with Crippen LogP contribution in [0.4, 0.5) is 0 Å². The first-order valence-corrected chi connectivity index (χ1v) is 16.0. The normalized spacial score (nSPS) is 16.8. The number of carbonyl (C=O) groups excluding carboxylic acids is 1. The number of nitrogens with zero attached hydrogens (tertiary/aromatic N) is 6. The maximum Gasteiger partial charge on any atom is 0.229 e. The average molecular weight is 610 g/mol. The van der Waals surface area contributed by atoms with Gasteiger partial charge in [0.1, 0.15) is 5.82 Å². The molecule has 6 rings (SSSR count). The highest BCUT2D eigenvalue weighted by atomic mass is 16.1. The van der Waals surface area contributed by atoms with Gasteiger partial charge in [-0.2, -0.15) is 5.10 Å². The van der Waals surface area contributed by atoms with Crippen LogP contribution >= 0.6 is 0 Å². The molecule has 4 aromatic heterocycles. The maximum atomic E-state index is 13.8. The number of terminal acetylenes is 1. The number of nitrogens with one attached hydrogen (secondary N) is 1. The Morgan fingerprint density at radius 2 is 1.76 bits per heavy atom. The quantitative estimate of drug-likeness (QED) is 0.188. The summed E-state index contributed by atoms with van der Waals surface area (Å²) in [4.78, 5) is 32.6. The van der Waals surface area contributed by atoms with Crippen LogP contribution in [0.15, 0.2) is 91.6 Å². The number of hydrogen-bond donors (Lipinski definition) is 1. The van der Waals surface area contributed by atoms with Crippen molar-refractivity contribution in [3.05, 3.63) is 126 Å². The van der Waals surface area contributed by atoms with Crippen molar-refractivity contribution >= 4 is 5.91 Å². The third-order valence-corrected chi connectivity index (χ3v) is 8.99. The first-order chi connectivity index (χ1) is 22.6. The first kappa shape index (κ1) is 30.8. The molecule has 1 aromatic carbocycles. The lowest BCUT2D eigenvalue weighted by atomic mass is 9.73. The number of amides is 1. The van der Waals surface area contributed by atoms with Crippen LogP contribution in [0.25, 0.3) is 11.1 Å². The molecule has 4 heterocycles. The lowest BCUT2D eigenvalue weighted by Crippen LogP contribution is -2.35. The number of carbonyl (C=O) groups is 1. The van der Waals surface area contributed by atoms with Gasteiger partial charge in [0.2, 0.25) is 5.91 Å². The van der Waals surface area contributed by atoms with E-state index in [0.29, 0.717) is 12.5 Å². The molecule has 1 saturated carbocycles. The Morgan fingerprint density at radius 1 is 0.935 bits per heavy atom. The van der Waals surface area contributed by atoms with Gasteiger partial charge < -0.3 is 5.32 Å². The molecule has 1 unspecified atom stereocenters. The second kappa shape index (κ2) is 14.7. The van der Waals surface area contributed by atoms with Gasteiger partial charge in [-0.3, -0.25) is 19.4 Å². The van der Waals surface area contributed by atoms with E-state index in [4.69, 9.17) is 16.4 Å². The number of pyridine rings is 2. The summed E-state index contributed by atoms with van der Waals surface area (Å²) in [5.41, 5.74) is 6.55. The summed E-state index contributed by atoms with van der Waals surface area (Å²) in [5, 5.41) is 7.49. The molecule has 0 bridgehead atoms. The highest BCUT2D eigenvalue weighted by Gasteiger charge is 2.34. The van der Waals surface area contributed by atoms with E-state index in [1.807, 2.05) is 92.5 Å². The fourth-order valence-electron chi connectivity index (χ4n) is 6.46. The number of aromatic nitrogens is 6. The summed E-state index contributed by atoms with van der Waals surface area (Å²) in [5.74, 6) is 3.94. The van der Waals surface area contributed by atoms with Crippen LogP contribution in [0.3, 0.4) is 0 Å². The van der Waals surface area contributed by atoms with Gasteiger partial charge in [-0.05, 0) is 74.1 Å². The monoisotopic (exact) mass is 609 g/mol. The smallest absolute Gasteiger partial charge is 0.229 e. The Labute approximate surface area is 270 Å². The first-order valence-electron chi connectivity index (χ1n) is 16.0. The van der Waals surface area contributed by atoms with Gasteiger partial charge in [0.15, 0.2) is 0 Å². The van der Waals surface area contributed by atoms with Crippen molar-refractivity contribution in [1.82, 2.24) is 35.0 Å². The molecule has 0 saturated heterocycles. The predicted molar refractivity (Wildman–Crippen MR) is 178 cm³/mol. The van der Waals surface area contributed by atoms with E-state index in [9.17, 15) is 4.79 Å². The molecule has 0 radical (unpaired) electrons. The minimum absolute atomic E-state index is 0.0275. The second-order valence-corrected chi connectivity index (χ2v) is 12.2. The minimum Gasteiger partial charge on any atom is -0.351 e. The molecular weight excluding hydrogens is 570 g/mol. The molecule has 232 valence electrons. The van der Waals surface area contributed by atoms with Gasteiger partial charge in [-0.1, -0.05) is 48.4 Å². The van der Waals surface area contributed by atoms with E-state index in [1.165, 1.54) is 0 Å². The summed E-state index contributed by atoms with van der Waals surface area (Å²) in [6.45, 7) is 0.493. The summed E-state index contributed by atoms with van der Waals surface area (Å²) in [6.07, 6.45) is 21.2.